The van der Waals surface area contributed by atoms with Gasteiger partial charge in [0.1, 0.15) is 5.82 Å². The minimum atomic E-state index is -1.31. The van der Waals surface area contributed by atoms with Crippen molar-refractivity contribution < 1.29 is 19.1 Å². The van der Waals surface area contributed by atoms with Crippen molar-refractivity contribution in [1.29, 1.82) is 0 Å². The van der Waals surface area contributed by atoms with Crippen molar-refractivity contribution in [3.05, 3.63) is 98.5 Å². The second-order valence-corrected chi connectivity index (χ2v) is 7.45. The molecule has 0 spiro atoms. The number of pyridine rings is 1. The van der Waals surface area contributed by atoms with E-state index in [1.807, 2.05) is 0 Å². The predicted octanol–water partition coefficient (Wildman–Crippen LogP) is 4.97. The van der Waals surface area contributed by atoms with Crippen LogP contribution in [0.4, 0.5) is 4.39 Å². The Bertz CT molecular complexity index is 1120. The molecule has 2 heterocycles. The van der Waals surface area contributed by atoms with Gasteiger partial charge in [0.15, 0.2) is 0 Å². The third-order valence-electron chi connectivity index (χ3n) is 4.76. The summed E-state index contributed by atoms with van der Waals surface area (Å²) in [5.74, 6) is -2.53. The highest BCUT2D eigenvalue weighted by molar-refractivity contribution is 6.30. The Hall–Kier alpha value is -2.96. The molecule has 1 amide bonds. The van der Waals surface area contributed by atoms with Crippen LogP contribution in [0, 0.1) is 5.82 Å². The van der Waals surface area contributed by atoms with Crippen molar-refractivity contribution in [2.24, 2.45) is 0 Å². The van der Waals surface area contributed by atoms with Gasteiger partial charge in [-0.2, -0.15) is 0 Å². The fourth-order valence-electron chi connectivity index (χ4n) is 3.45. The summed E-state index contributed by atoms with van der Waals surface area (Å²) in [6.45, 7) is 0.0970. The number of hydrogen-bond acceptors (Lipinski definition) is 3. The number of rotatable bonds is 4. The Labute approximate surface area is 175 Å². The van der Waals surface area contributed by atoms with Crippen molar-refractivity contribution in [3.63, 3.8) is 0 Å². The van der Waals surface area contributed by atoms with Gasteiger partial charge in [-0.3, -0.25) is 9.78 Å². The average molecular weight is 431 g/mol. The van der Waals surface area contributed by atoms with E-state index >= 15 is 0 Å². The molecular formula is C21H13Cl2FN2O3. The molecule has 0 aliphatic carbocycles. The van der Waals surface area contributed by atoms with Crippen molar-refractivity contribution >= 4 is 35.1 Å². The van der Waals surface area contributed by atoms with Gasteiger partial charge in [-0.25, -0.2) is 9.18 Å². The number of amides is 1. The quantitative estimate of drug-likeness (QED) is 0.633. The molecule has 5 nitrogen and oxygen atoms in total. The largest absolute Gasteiger partial charge is 0.478 e. The number of benzene rings is 2. The number of hydrogen-bond donors (Lipinski definition) is 1. The Morgan fingerprint density at radius 1 is 1.10 bits per heavy atom. The summed E-state index contributed by atoms with van der Waals surface area (Å²) >= 11 is 11.8. The van der Waals surface area contributed by atoms with Gasteiger partial charge in [-0.1, -0.05) is 35.3 Å². The molecule has 0 saturated heterocycles. The number of carbonyl (C=O) groups is 2. The van der Waals surface area contributed by atoms with E-state index in [4.69, 9.17) is 23.2 Å². The lowest BCUT2D eigenvalue weighted by Gasteiger charge is -2.26. The summed E-state index contributed by atoms with van der Waals surface area (Å²) in [5, 5.41) is 10.2. The molecule has 3 aromatic rings. The Morgan fingerprint density at radius 2 is 1.79 bits per heavy atom. The molecule has 1 N–H and O–H groups in total. The zero-order valence-electron chi connectivity index (χ0n) is 14.8. The van der Waals surface area contributed by atoms with Crippen molar-refractivity contribution in [2.75, 3.05) is 0 Å². The molecule has 0 fully saturated rings. The number of halogens is 3. The molecule has 0 saturated carbocycles. The number of aromatic nitrogens is 1. The van der Waals surface area contributed by atoms with E-state index in [0.29, 0.717) is 21.3 Å². The zero-order valence-corrected chi connectivity index (χ0v) is 16.3. The Morgan fingerprint density at radius 3 is 2.41 bits per heavy atom. The van der Waals surface area contributed by atoms with Crippen LogP contribution in [-0.4, -0.2) is 26.9 Å². The highest BCUT2D eigenvalue weighted by Gasteiger charge is 2.40. The minimum Gasteiger partial charge on any atom is -0.478 e. The summed E-state index contributed by atoms with van der Waals surface area (Å²) in [6, 6.07) is 11.5. The third-order valence-corrected chi connectivity index (χ3v) is 5.24. The van der Waals surface area contributed by atoms with E-state index in [1.165, 1.54) is 17.2 Å². The fraction of sp³-hybridized carbons (Fsp3) is 0.0952. The molecule has 1 aliphatic rings. The van der Waals surface area contributed by atoms with E-state index in [9.17, 15) is 19.1 Å². The summed E-state index contributed by atoms with van der Waals surface area (Å²) in [5.41, 5.74) is 1.09. The molecule has 29 heavy (non-hydrogen) atoms. The van der Waals surface area contributed by atoms with Crippen LogP contribution in [0.15, 0.2) is 54.7 Å². The molecule has 0 radical (unpaired) electrons. The van der Waals surface area contributed by atoms with Gasteiger partial charge >= 0.3 is 5.97 Å². The van der Waals surface area contributed by atoms with Crippen LogP contribution in [-0.2, 0) is 6.54 Å². The maximum Gasteiger partial charge on any atom is 0.335 e. The number of carboxylic acid groups (broad SMARTS) is 1. The number of fused-ring (bicyclic) bond motifs is 1. The first-order chi connectivity index (χ1) is 13.8. The standard InChI is InChI=1S/C21H13Cl2FN2O3/c22-13-3-1-11(2-4-13)19-18-16(7-12(21(28)29)8-17(18)24)20(27)26(19)10-15-6-5-14(23)9-25-15/h1-9,19H,10H2,(H,28,29). The number of carbonyl (C=O) groups excluding carboxylic acids is 1. The van der Waals surface area contributed by atoms with Crippen LogP contribution in [0.1, 0.15) is 43.6 Å². The van der Waals surface area contributed by atoms with Crippen molar-refractivity contribution in [3.8, 4) is 0 Å². The molecule has 4 rings (SSSR count). The first-order valence-corrected chi connectivity index (χ1v) is 9.34. The Balaban J connectivity index is 1.85. The zero-order chi connectivity index (χ0) is 20.7. The number of aromatic carboxylic acids is 1. The van der Waals surface area contributed by atoms with Gasteiger partial charge in [0.2, 0.25) is 0 Å². The van der Waals surface area contributed by atoms with Crippen molar-refractivity contribution in [2.45, 2.75) is 12.6 Å². The minimum absolute atomic E-state index is 0.0244. The van der Waals surface area contributed by atoms with Crippen LogP contribution < -0.4 is 0 Å². The van der Waals surface area contributed by atoms with Gasteiger partial charge in [0, 0.05) is 22.3 Å². The van der Waals surface area contributed by atoms with Gasteiger partial charge < -0.3 is 10.0 Å². The van der Waals surface area contributed by atoms with E-state index < -0.39 is 23.7 Å². The van der Waals surface area contributed by atoms with E-state index in [-0.39, 0.29) is 23.2 Å². The molecule has 8 heteroatoms. The number of nitrogens with zero attached hydrogens (tertiary/aromatic N) is 2. The molecule has 1 aromatic heterocycles. The summed E-state index contributed by atoms with van der Waals surface area (Å²) in [4.78, 5) is 30.1. The molecule has 2 aromatic carbocycles. The number of carboxylic acids is 1. The molecule has 146 valence electrons. The van der Waals surface area contributed by atoms with Crippen LogP contribution in [0.25, 0.3) is 0 Å². The SMILES string of the molecule is O=C(O)c1cc(F)c2c(c1)C(=O)N(Cc1ccc(Cl)cn1)C2c1ccc(Cl)cc1. The van der Waals surface area contributed by atoms with Gasteiger partial charge in [-0.15, -0.1) is 0 Å². The fourth-order valence-corrected chi connectivity index (χ4v) is 3.69. The molecule has 1 unspecified atom stereocenters. The van der Waals surface area contributed by atoms with Gasteiger partial charge in [0.25, 0.3) is 5.91 Å². The third kappa shape index (κ3) is 3.57. The smallest absolute Gasteiger partial charge is 0.335 e. The van der Waals surface area contributed by atoms with Crippen LogP contribution in [0.2, 0.25) is 10.0 Å². The van der Waals surface area contributed by atoms with E-state index in [2.05, 4.69) is 4.98 Å². The average Bonchev–Trinajstić information content (AvgIpc) is 2.97. The Kier molecular flexibility index (Phi) is 4.98. The van der Waals surface area contributed by atoms with Gasteiger partial charge in [0.05, 0.1) is 28.9 Å². The molecular weight excluding hydrogens is 418 g/mol. The lowest BCUT2D eigenvalue weighted by Crippen LogP contribution is -2.28. The van der Waals surface area contributed by atoms with E-state index in [1.54, 1.807) is 36.4 Å². The second-order valence-electron chi connectivity index (χ2n) is 6.58. The highest BCUT2D eigenvalue weighted by Crippen LogP contribution is 2.41. The monoisotopic (exact) mass is 430 g/mol. The summed E-state index contributed by atoms with van der Waals surface area (Å²) < 4.78 is 15.0. The van der Waals surface area contributed by atoms with Crippen LogP contribution >= 0.6 is 23.2 Å². The first-order valence-electron chi connectivity index (χ1n) is 8.58. The molecule has 1 aliphatic heterocycles. The maximum absolute atomic E-state index is 15.0. The first kappa shape index (κ1) is 19.4. The van der Waals surface area contributed by atoms with Crippen LogP contribution in [0.3, 0.4) is 0 Å². The van der Waals surface area contributed by atoms with Crippen molar-refractivity contribution in [1.82, 2.24) is 9.88 Å². The molecule has 1 atom stereocenters. The maximum atomic E-state index is 15.0. The second kappa shape index (κ2) is 7.46. The van der Waals surface area contributed by atoms with Crippen LogP contribution in [0.5, 0.6) is 0 Å². The lowest BCUT2D eigenvalue weighted by molar-refractivity contribution is 0.0696. The van der Waals surface area contributed by atoms with Gasteiger partial charge in [-0.05, 0) is 42.0 Å². The normalized spacial score (nSPS) is 15.5. The summed E-state index contributed by atoms with van der Waals surface area (Å²) in [6.07, 6.45) is 1.46. The molecule has 0 bridgehead atoms. The highest BCUT2D eigenvalue weighted by atomic mass is 35.5. The summed E-state index contributed by atoms with van der Waals surface area (Å²) in [7, 11) is 0. The lowest BCUT2D eigenvalue weighted by atomic mass is 9.95. The predicted molar refractivity (Wildman–Crippen MR) is 106 cm³/mol. The topological polar surface area (TPSA) is 70.5 Å². The van der Waals surface area contributed by atoms with E-state index in [0.717, 1.165) is 6.07 Å².